The van der Waals surface area contributed by atoms with Gasteiger partial charge in [0.1, 0.15) is 13.2 Å². The Morgan fingerprint density at radius 2 is 2.12 bits per heavy atom. The molecular weight excluding hydrogens is 324 g/mol. The third-order valence-corrected chi connectivity index (χ3v) is 5.40. The van der Waals surface area contributed by atoms with Gasteiger partial charge < -0.3 is 19.7 Å². The smallest absolute Gasteiger partial charge is 0.242 e. The zero-order valence-corrected chi connectivity index (χ0v) is 14.2. The fraction of sp³-hybridized carbons (Fsp3) is 0.389. The molecule has 0 bridgehead atoms. The molecule has 6 heteroatoms. The number of fused-ring (bicyclic) bond motifs is 1. The van der Waals surface area contributed by atoms with Crippen LogP contribution in [0.2, 0.25) is 0 Å². The first-order valence-electron chi connectivity index (χ1n) is 8.27. The number of benzene rings is 1. The number of rotatable bonds is 4. The number of nitrogens with zero attached hydrogens (tertiary/aromatic N) is 1. The van der Waals surface area contributed by atoms with Gasteiger partial charge in [0.25, 0.3) is 0 Å². The highest BCUT2D eigenvalue weighted by molar-refractivity contribution is 7.10. The number of hydrogen-bond donors (Lipinski definition) is 1. The van der Waals surface area contributed by atoms with Gasteiger partial charge >= 0.3 is 0 Å². The molecule has 2 aliphatic rings. The van der Waals surface area contributed by atoms with Crippen LogP contribution in [0.25, 0.3) is 0 Å². The van der Waals surface area contributed by atoms with E-state index >= 15 is 0 Å². The third kappa shape index (κ3) is 3.06. The summed E-state index contributed by atoms with van der Waals surface area (Å²) in [5.74, 6) is 1.63. The monoisotopic (exact) mass is 344 g/mol. The van der Waals surface area contributed by atoms with Gasteiger partial charge in [-0.1, -0.05) is 6.07 Å². The second-order valence-corrected chi connectivity index (χ2v) is 6.95. The molecule has 24 heavy (non-hydrogen) atoms. The average molecular weight is 344 g/mol. The number of ether oxygens (including phenoxy) is 2. The summed E-state index contributed by atoms with van der Waals surface area (Å²) >= 11 is 1.73. The topological polar surface area (TPSA) is 50.8 Å². The number of nitrogens with one attached hydrogen (secondary N) is 1. The minimum atomic E-state index is 0.140. The predicted molar refractivity (Wildman–Crippen MR) is 93.9 cm³/mol. The van der Waals surface area contributed by atoms with Crippen molar-refractivity contribution in [2.24, 2.45) is 0 Å². The van der Waals surface area contributed by atoms with E-state index in [1.54, 1.807) is 11.3 Å². The largest absolute Gasteiger partial charge is 0.486 e. The van der Waals surface area contributed by atoms with Crippen molar-refractivity contribution in [1.82, 2.24) is 4.90 Å². The van der Waals surface area contributed by atoms with Crippen molar-refractivity contribution in [3.8, 4) is 11.5 Å². The van der Waals surface area contributed by atoms with Crippen molar-refractivity contribution in [2.45, 2.75) is 18.9 Å². The quantitative estimate of drug-likeness (QED) is 0.925. The summed E-state index contributed by atoms with van der Waals surface area (Å²) in [5, 5.41) is 5.29. The van der Waals surface area contributed by atoms with Crippen LogP contribution in [0.5, 0.6) is 11.5 Å². The van der Waals surface area contributed by atoms with Crippen molar-refractivity contribution >= 4 is 22.9 Å². The number of amides is 1. The maximum atomic E-state index is 12.6. The highest BCUT2D eigenvalue weighted by Crippen LogP contribution is 2.35. The summed E-state index contributed by atoms with van der Waals surface area (Å²) in [5.41, 5.74) is 0.875. The van der Waals surface area contributed by atoms with Gasteiger partial charge in [0, 0.05) is 23.2 Å². The molecule has 2 aliphatic heterocycles. The van der Waals surface area contributed by atoms with E-state index in [1.807, 2.05) is 23.1 Å². The molecule has 5 nitrogen and oxygen atoms in total. The van der Waals surface area contributed by atoms with E-state index in [1.165, 1.54) is 4.88 Å². The lowest BCUT2D eigenvalue weighted by atomic mass is 10.2. The molecule has 126 valence electrons. The van der Waals surface area contributed by atoms with Gasteiger partial charge in [-0.2, -0.15) is 0 Å². The van der Waals surface area contributed by atoms with Crippen molar-refractivity contribution in [3.63, 3.8) is 0 Å². The SMILES string of the molecule is O=C(CNc1ccc2c(c1)OCCO2)N1CCC[C@H]1c1cccs1. The van der Waals surface area contributed by atoms with Crippen LogP contribution in [0.4, 0.5) is 5.69 Å². The number of carbonyl (C=O) groups excluding carboxylic acids is 1. The third-order valence-electron chi connectivity index (χ3n) is 4.43. The van der Waals surface area contributed by atoms with E-state index in [0.717, 1.165) is 36.6 Å². The summed E-state index contributed by atoms with van der Waals surface area (Å²) < 4.78 is 11.1. The molecule has 0 spiro atoms. The minimum absolute atomic E-state index is 0.140. The van der Waals surface area contributed by atoms with Gasteiger partial charge in [-0.05, 0) is 36.4 Å². The molecule has 0 aliphatic carbocycles. The molecule has 0 radical (unpaired) electrons. The second-order valence-electron chi connectivity index (χ2n) is 5.97. The van der Waals surface area contributed by atoms with E-state index in [9.17, 15) is 4.79 Å². The number of hydrogen-bond acceptors (Lipinski definition) is 5. The average Bonchev–Trinajstić information content (AvgIpc) is 3.30. The first-order valence-corrected chi connectivity index (χ1v) is 9.15. The first-order chi connectivity index (χ1) is 11.8. The first kappa shape index (κ1) is 15.3. The predicted octanol–water partition coefficient (Wildman–Crippen LogP) is 3.29. The Labute approximate surface area is 145 Å². The Morgan fingerprint density at radius 3 is 2.96 bits per heavy atom. The molecule has 0 saturated carbocycles. The summed E-state index contributed by atoms with van der Waals surface area (Å²) in [6, 6.07) is 10.1. The van der Waals surface area contributed by atoms with Crippen molar-refractivity contribution in [1.29, 1.82) is 0 Å². The lowest BCUT2D eigenvalue weighted by Gasteiger charge is -2.24. The van der Waals surface area contributed by atoms with Gasteiger partial charge in [0.15, 0.2) is 11.5 Å². The standard InChI is InChI=1S/C18H20N2O3S/c21-18(20-7-1-3-14(20)17-4-2-10-24-17)12-19-13-5-6-15-16(11-13)23-9-8-22-15/h2,4-6,10-11,14,19H,1,3,7-9,12H2/t14-/m0/s1. The molecule has 0 unspecified atom stereocenters. The van der Waals surface area contributed by atoms with E-state index in [0.29, 0.717) is 19.8 Å². The Balaban J connectivity index is 1.39. The zero-order chi connectivity index (χ0) is 16.4. The molecule has 2 aromatic rings. The molecule has 1 N–H and O–H groups in total. The van der Waals surface area contributed by atoms with E-state index in [-0.39, 0.29) is 11.9 Å². The Morgan fingerprint density at radius 1 is 1.25 bits per heavy atom. The highest BCUT2D eigenvalue weighted by atomic mass is 32.1. The summed E-state index contributed by atoms with van der Waals surface area (Å²) in [4.78, 5) is 15.9. The Kier molecular flexibility index (Phi) is 4.30. The van der Waals surface area contributed by atoms with Gasteiger partial charge in [-0.3, -0.25) is 4.79 Å². The maximum absolute atomic E-state index is 12.6. The lowest BCUT2D eigenvalue weighted by Crippen LogP contribution is -2.34. The fourth-order valence-corrected chi connectivity index (χ4v) is 4.15. The molecule has 1 aromatic carbocycles. The lowest BCUT2D eigenvalue weighted by molar-refractivity contribution is -0.130. The van der Waals surface area contributed by atoms with Crippen LogP contribution in [0.1, 0.15) is 23.8 Å². The van der Waals surface area contributed by atoms with Crippen LogP contribution in [-0.2, 0) is 4.79 Å². The van der Waals surface area contributed by atoms with Crippen LogP contribution in [0.15, 0.2) is 35.7 Å². The van der Waals surface area contributed by atoms with Gasteiger partial charge in [-0.25, -0.2) is 0 Å². The number of thiophene rings is 1. The number of likely N-dealkylation sites (tertiary alicyclic amines) is 1. The van der Waals surface area contributed by atoms with Gasteiger partial charge in [0.2, 0.25) is 5.91 Å². The van der Waals surface area contributed by atoms with Crippen molar-refractivity contribution in [3.05, 3.63) is 40.6 Å². The summed E-state index contributed by atoms with van der Waals surface area (Å²) in [7, 11) is 0. The molecule has 1 aromatic heterocycles. The van der Waals surface area contributed by atoms with Crippen LogP contribution >= 0.6 is 11.3 Å². The van der Waals surface area contributed by atoms with Gasteiger partial charge in [-0.15, -0.1) is 11.3 Å². The van der Waals surface area contributed by atoms with Crippen molar-refractivity contribution < 1.29 is 14.3 Å². The summed E-state index contributed by atoms with van der Waals surface area (Å²) in [6.07, 6.45) is 2.12. The number of anilines is 1. The Hall–Kier alpha value is -2.21. The molecule has 1 saturated heterocycles. The van der Waals surface area contributed by atoms with Crippen LogP contribution in [0, 0.1) is 0 Å². The van der Waals surface area contributed by atoms with Crippen LogP contribution < -0.4 is 14.8 Å². The minimum Gasteiger partial charge on any atom is -0.486 e. The van der Waals surface area contributed by atoms with Gasteiger partial charge in [0.05, 0.1) is 12.6 Å². The Bertz CT molecular complexity index is 717. The van der Waals surface area contributed by atoms with Crippen LogP contribution in [-0.4, -0.2) is 37.1 Å². The molecule has 1 atom stereocenters. The second kappa shape index (κ2) is 6.73. The highest BCUT2D eigenvalue weighted by Gasteiger charge is 2.30. The molecule has 1 amide bonds. The summed E-state index contributed by atoms with van der Waals surface area (Å²) in [6.45, 7) is 2.27. The van der Waals surface area contributed by atoms with Crippen LogP contribution in [0.3, 0.4) is 0 Å². The zero-order valence-electron chi connectivity index (χ0n) is 13.4. The fourth-order valence-electron chi connectivity index (χ4n) is 3.27. The maximum Gasteiger partial charge on any atom is 0.242 e. The van der Waals surface area contributed by atoms with E-state index < -0.39 is 0 Å². The molecule has 4 rings (SSSR count). The van der Waals surface area contributed by atoms with E-state index in [4.69, 9.17) is 9.47 Å². The normalized spacial score (nSPS) is 19.3. The number of carbonyl (C=O) groups is 1. The molecular formula is C18H20N2O3S. The molecule has 1 fully saturated rings. The molecule has 3 heterocycles. The van der Waals surface area contributed by atoms with E-state index in [2.05, 4.69) is 22.8 Å². The van der Waals surface area contributed by atoms with Crippen molar-refractivity contribution in [2.75, 3.05) is 31.6 Å².